The van der Waals surface area contributed by atoms with Gasteiger partial charge in [0.2, 0.25) is 0 Å². The molecule has 7 heteroatoms. The van der Waals surface area contributed by atoms with Crippen molar-refractivity contribution < 1.29 is 8.42 Å². The fourth-order valence-corrected chi connectivity index (χ4v) is 4.21. The third-order valence-corrected chi connectivity index (χ3v) is 6.11. The monoisotopic (exact) mass is 285 g/mol. The Morgan fingerprint density at radius 2 is 2.22 bits per heavy atom. The van der Waals surface area contributed by atoms with Crippen LogP contribution in [0.25, 0.3) is 0 Å². The fraction of sp³-hybridized carbons (Fsp3) is 0.364. The predicted molar refractivity (Wildman–Crippen MR) is 70.9 cm³/mol. The zero-order valence-corrected chi connectivity index (χ0v) is 11.9. The molecular formula is C11H15N3O2S2. The lowest BCUT2D eigenvalue weighted by Gasteiger charge is -2.14. The number of nitrogens with one attached hydrogen (secondary N) is 1. The van der Waals surface area contributed by atoms with Crippen molar-refractivity contribution in [3.8, 4) is 0 Å². The van der Waals surface area contributed by atoms with E-state index in [1.807, 2.05) is 13.0 Å². The Bertz CT molecular complexity index is 602. The number of nitrogens with zero attached hydrogens (tertiary/aromatic N) is 2. The Hall–Kier alpha value is -1.18. The topological polar surface area (TPSA) is 66.1 Å². The van der Waals surface area contributed by atoms with Gasteiger partial charge in [-0.05, 0) is 18.6 Å². The van der Waals surface area contributed by atoms with Crippen LogP contribution in [-0.4, -0.2) is 30.0 Å². The summed E-state index contributed by atoms with van der Waals surface area (Å²) in [7, 11) is -1.82. The van der Waals surface area contributed by atoms with Crippen LogP contribution in [-0.2, 0) is 23.0 Å². The second kappa shape index (κ2) is 5.21. The minimum atomic E-state index is -3.39. The van der Waals surface area contributed by atoms with E-state index in [1.165, 1.54) is 15.6 Å². The zero-order valence-electron chi connectivity index (χ0n) is 10.3. The molecule has 2 aromatic heterocycles. The van der Waals surface area contributed by atoms with Gasteiger partial charge in [0.25, 0.3) is 10.0 Å². The van der Waals surface area contributed by atoms with Crippen molar-refractivity contribution in [2.24, 2.45) is 0 Å². The van der Waals surface area contributed by atoms with E-state index in [-0.39, 0.29) is 0 Å². The molecule has 0 aliphatic heterocycles. The average molecular weight is 285 g/mol. The molecule has 2 rings (SSSR count). The summed E-state index contributed by atoms with van der Waals surface area (Å²) < 4.78 is 26.3. The Morgan fingerprint density at radius 3 is 2.78 bits per heavy atom. The summed E-state index contributed by atoms with van der Waals surface area (Å²) >= 11 is 1.33. The molecule has 2 heterocycles. The maximum atomic E-state index is 12.3. The van der Waals surface area contributed by atoms with Crippen LogP contribution in [0.15, 0.2) is 28.7 Å². The summed E-state index contributed by atoms with van der Waals surface area (Å²) in [4.78, 5) is 1.07. The van der Waals surface area contributed by atoms with E-state index in [1.54, 1.807) is 25.5 Å². The highest BCUT2D eigenvalue weighted by Crippen LogP contribution is 2.25. The standard InChI is InChI=1S/C11H15N3O2S2/c1-3-10-4-5-11(17-10)18(15,16)14(2)8-9-6-12-13-7-9/h4-7H,3,8H2,1-2H3,(H,12,13). The van der Waals surface area contributed by atoms with Gasteiger partial charge in [0.1, 0.15) is 4.21 Å². The molecule has 0 saturated heterocycles. The minimum absolute atomic E-state index is 0.318. The van der Waals surface area contributed by atoms with Gasteiger partial charge in [-0.15, -0.1) is 11.3 Å². The summed E-state index contributed by atoms with van der Waals surface area (Å²) in [6.45, 7) is 2.33. The van der Waals surface area contributed by atoms with Crippen molar-refractivity contribution in [1.82, 2.24) is 14.5 Å². The number of aryl methyl sites for hydroxylation is 1. The van der Waals surface area contributed by atoms with Crippen LogP contribution in [0.4, 0.5) is 0 Å². The highest BCUT2D eigenvalue weighted by molar-refractivity contribution is 7.91. The Balaban J connectivity index is 2.19. The second-order valence-corrected chi connectivity index (χ2v) is 7.38. The van der Waals surface area contributed by atoms with Crippen LogP contribution in [0.5, 0.6) is 0 Å². The molecule has 1 N–H and O–H groups in total. The van der Waals surface area contributed by atoms with Gasteiger partial charge in [-0.3, -0.25) is 5.10 Å². The van der Waals surface area contributed by atoms with Gasteiger partial charge < -0.3 is 0 Å². The summed E-state index contributed by atoms with van der Waals surface area (Å²) in [5, 5.41) is 6.47. The number of thiophene rings is 1. The van der Waals surface area contributed by atoms with Crippen molar-refractivity contribution in [3.63, 3.8) is 0 Å². The molecule has 5 nitrogen and oxygen atoms in total. The fourth-order valence-electron chi connectivity index (χ4n) is 1.55. The Kier molecular flexibility index (Phi) is 3.84. The smallest absolute Gasteiger partial charge is 0.252 e. The third kappa shape index (κ3) is 2.63. The molecule has 0 fully saturated rings. The van der Waals surface area contributed by atoms with Crippen LogP contribution >= 0.6 is 11.3 Å². The summed E-state index contributed by atoms with van der Waals surface area (Å²) in [6, 6.07) is 3.54. The molecule has 0 aliphatic rings. The van der Waals surface area contributed by atoms with Gasteiger partial charge in [0.15, 0.2) is 0 Å². The lowest BCUT2D eigenvalue weighted by Crippen LogP contribution is -2.25. The van der Waals surface area contributed by atoms with Crippen LogP contribution in [0.3, 0.4) is 0 Å². The molecule has 0 atom stereocenters. The van der Waals surface area contributed by atoms with Gasteiger partial charge in [-0.1, -0.05) is 6.92 Å². The molecule has 98 valence electrons. The molecule has 0 saturated carbocycles. The number of hydrogen-bond donors (Lipinski definition) is 1. The largest absolute Gasteiger partial charge is 0.285 e. The zero-order chi connectivity index (χ0) is 13.2. The lowest BCUT2D eigenvalue weighted by molar-refractivity contribution is 0.468. The minimum Gasteiger partial charge on any atom is -0.285 e. The van der Waals surface area contributed by atoms with Gasteiger partial charge >= 0.3 is 0 Å². The normalized spacial score (nSPS) is 12.2. The number of aromatic nitrogens is 2. The number of rotatable bonds is 5. The van der Waals surface area contributed by atoms with Gasteiger partial charge in [-0.2, -0.15) is 9.40 Å². The number of aromatic amines is 1. The maximum Gasteiger partial charge on any atom is 0.252 e. The molecule has 18 heavy (non-hydrogen) atoms. The van der Waals surface area contributed by atoms with Crippen LogP contribution in [0.1, 0.15) is 17.4 Å². The van der Waals surface area contributed by atoms with E-state index in [0.717, 1.165) is 16.9 Å². The molecule has 0 aromatic carbocycles. The third-order valence-electron chi connectivity index (χ3n) is 2.61. The highest BCUT2D eigenvalue weighted by atomic mass is 32.2. The Morgan fingerprint density at radius 1 is 1.44 bits per heavy atom. The van der Waals surface area contributed by atoms with Crippen molar-refractivity contribution in [1.29, 1.82) is 0 Å². The average Bonchev–Trinajstić information content (AvgIpc) is 2.99. The summed E-state index contributed by atoms with van der Waals surface area (Å²) in [6.07, 6.45) is 4.17. The van der Waals surface area contributed by atoms with Crippen molar-refractivity contribution in [2.45, 2.75) is 24.1 Å². The molecular weight excluding hydrogens is 270 g/mol. The summed E-state index contributed by atoms with van der Waals surface area (Å²) in [5.74, 6) is 0. The maximum absolute atomic E-state index is 12.3. The quantitative estimate of drug-likeness (QED) is 0.911. The first-order valence-corrected chi connectivity index (χ1v) is 7.82. The first-order chi connectivity index (χ1) is 8.54. The van der Waals surface area contributed by atoms with Crippen molar-refractivity contribution in [2.75, 3.05) is 7.05 Å². The highest BCUT2D eigenvalue weighted by Gasteiger charge is 2.22. The van der Waals surface area contributed by atoms with E-state index in [9.17, 15) is 8.42 Å². The van der Waals surface area contributed by atoms with Crippen molar-refractivity contribution >= 4 is 21.4 Å². The molecule has 0 bridgehead atoms. The van der Waals surface area contributed by atoms with E-state index >= 15 is 0 Å². The van der Waals surface area contributed by atoms with Gasteiger partial charge in [0, 0.05) is 30.2 Å². The molecule has 0 unspecified atom stereocenters. The second-order valence-electron chi connectivity index (χ2n) is 3.94. The van der Waals surface area contributed by atoms with Crippen LogP contribution < -0.4 is 0 Å². The first kappa shape index (κ1) is 13.3. The van der Waals surface area contributed by atoms with E-state index < -0.39 is 10.0 Å². The predicted octanol–water partition coefficient (Wildman–Crippen LogP) is 1.85. The van der Waals surface area contributed by atoms with E-state index in [4.69, 9.17) is 0 Å². The van der Waals surface area contributed by atoms with Gasteiger partial charge in [-0.25, -0.2) is 8.42 Å². The number of hydrogen-bond acceptors (Lipinski definition) is 4. The SMILES string of the molecule is CCc1ccc(S(=O)(=O)N(C)Cc2cn[nH]c2)s1. The van der Waals surface area contributed by atoms with Crippen molar-refractivity contribution in [3.05, 3.63) is 35.0 Å². The van der Waals surface area contributed by atoms with Crippen LogP contribution in [0.2, 0.25) is 0 Å². The summed E-state index contributed by atoms with van der Waals surface area (Å²) in [5.41, 5.74) is 0.841. The lowest BCUT2D eigenvalue weighted by atomic mass is 10.4. The molecule has 0 radical (unpaired) electrons. The number of H-pyrrole nitrogens is 1. The molecule has 0 spiro atoms. The number of sulfonamides is 1. The van der Waals surface area contributed by atoms with Crippen LogP contribution in [0, 0.1) is 0 Å². The van der Waals surface area contributed by atoms with E-state index in [0.29, 0.717) is 10.8 Å². The Labute approximate surface area is 111 Å². The molecule has 2 aromatic rings. The van der Waals surface area contributed by atoms with Gasteiger partial charge in [0.05, 0.1) is 6.20 Å². The molecule has 0 amide bonds. The first-order valence-electron chi connectivity index (χ1n) is 5.56. The molecule has 0 aliphatic carbocycles. The van der Waals surface area contributed by atoms with E-state index in [2.05, 4.69) is 10.2 Å².